The molecule has 1 fully saturated rings. The summed E-state index contributed by atoms with van der Waals surface area (Å²) < 4.78 is 6.81. The highest BCUT2D eigenvalue weighted by Gasteiger charge is 2.32. The molecule has 1 aliphatic carbocycles. The first-order valence-electron chi connectivity index (χ1n) is 14.5. The average molecular weight is 675 g/mol. The number of rotatable bonds is 10. The summed E-state index contributed by atoms with van der Waals surface area (Å²) in [6, 6.07) is 20.2. The Balaban J connectivity index is 1.63. The van der Waals surface area contributed by atoms with E-state index < -0.39 is 6.04 Å². The molecule has 8 heteroatoms. The molecule has 1 saturated carbocycles. The van der Waals surface area contributed by atoms with Crippen LogP contribution in [-0.4, -0.2) is 35.4 Å². The molecule has 3 aromatic rings. The zero-order valence-electron chi connectivity index (χ0n) is 24.5. The maximum atomic E-state index is 14.0. The molecule has 4 rings (SSSR count). The van der Waals surface area contributed by atoms with Crippen LogP contribution in [0.4, 0.5) is 0 Å². The number of halogens is 3. The van der Waals surface area contributed by atoms with E-state index in [-0.39, 0.29) is 36.4 Å². The number of benzene rings is 3. The molecule has 0 saturated heterocycles. The van der Waals surface area contributed by atoms with Gasteiger partial charge in [0, 0.05) is 29.1 Å². The molecule has 0 bridgehead atoms. The van der Waals surface area contributed by atoms with Crippen molar-refractivity contribution in [3.8, 4) is 5.75 Å². The first-order chi connectivity index (χ1) is 20.0. The Morgan fingerprint density at radius 3 is 2.36 bits per heavy atom. The van der Waals surface area contributed by atoms with Crippen molar-refractivity contribution in [1.29, 1.82) is 0 Å². The molecular weight excluding hydrogens is 635 g/mol. The van der Waals surface area contributed by atoms with E-state index in [1.165, 1.54) is 6.42 Å². The van der Waals surface area contributed by atoms with Crippen molar-refractivity contribution in [3.05, 3.63) is 97.9 Å². The molecule has 1 N–H and O–H groups in total. The molecule has 0 heterocycles. The van der Waals surface area contributed by atoms with Crippen molar-refractivity contribution in [2.45, 2.75) is 83.3 Å². The number of nitrogens with one attached hydrogen (secondary N) is 1. The Morgan fingerprint density at radius 2 is 1.71 bits per heavy atom. The van der Waals surface area contributed by atoms with Crippen molar-refractivity contribution in [2.75, 3.05) is 6.61 Å². The SMILES string of the molecule is CC(C)(C)c1ccc(OCC(=O)N(Cc2ccc(Cl)cc2Cl)[C@H](Cc2ccccc2)C(=O)NC2CCCCC2)c(Br)c1. The smallest absolute Gasteiger partial charge is 0.261 e. The van der Waals surface area contributed by atoms with E-state index in [1.807, 2.05) is 48.5 Å². The van der Waals surface area contributed by atoms with Gasteiger partial charge in [0.25, 0.3) is 5.91 Å². The third-order valence-electron chi connectivity index (χ3n) is 7.73. The highest BCUT2D eigenvalue weighted by atomic mass is 79.9. The van der Waals surface area contributed by atoms with Gasteiger partial charge in [-0.05, 0) is 75.1 Å². The third kappa shape index (κ3) is 8.98. The largest absolute Gasteiger partial charge is 0.483 e. The minimum absolute atomic E-state index is 0.0259. The Morgan fingerprint density at radius 1 is 1.00 bits per heavy atom. The summed E-state index contributed by atoms with van der Waals surface area (Å²) >= 11 is 16.3. The van der Waals surface area contributed by atoms with Crippen LogP contribution in [0.2, 0.25) is 10.0 Å². The van der Waals surface area contributed by atoms with Gasteiger partial charge in [-0.3, -0.25) is 9.59 Å². The Kier molecular flexibility index (Phi) is 11.4. The summed E-state index contributed by atoms with van der Waals surface area (Å²) in [6.45, 7) is 6.33. The van der Waals surface area contributed by atoms with Gasteiger partial charge in [-0.1, -0.05) is 106 Å². The van der Waals surface area contributed by atoms with E-state index >= 15 is 0 Å². The molecule has 2 amide bonds. The second-order valence-corrected chi connectivity index (χ2v) is 13.7. The standard InChI is InChI=1S/C34H39BrCl2N2O3/c1-34(2,3)25-15-17-31(28(35)19-25)42-22-32(40)39(21-24-14-16-26(36)20-29(24)37)30(18-23-10-6-4-7-11-23)33(41)38-27-12-8-5-9-13-27/h4,6-7,10-11,14-17,19-20,27,30H,5,8-9,12-13,18,21-22H2,1-3H3,(H,38,41)/t30-/m1/s1. The zero-order chi connectivity index (χ0) is 30.3. The van der Waals surface area contributed by atoms with Crippen molar-refractivity contribution < 1.29 is 14.3 Å². The van der Waals surface area contributed by atoms with Crippen molar-refractivity contribution >= 4 is 50.9 Å². The molecule has 0 aliphatic heterocycles. The first-order valence-corrected chi connectivity index (χ1v) is 16.1. The van der Waals surface area contributed by atoms with Crippen LogP contribution >= 0.6 is 39.1 Å². The summed E-state index contributed by atoms with van der Waals surface area (Å²) in [7, 11) is 0. The molecule has 42 heavy (non-hydrogen) atoms. The quantitative estimate of drug-likeness (QED) is 0.235. The number of nitrogens with zero attached hydrogens (tertiary/aromatic N) is 1. The Labute approximate surface area is 268 Å². The van der Waals surface area contributed by atoms with Crippen LogP contribution in [0.3, 0.4) is 0 Å². The van der Waals surface area contributed by atoms with Crippen LogP contribution in [0.5, 0.6) is 5.75 Å². The number of hydrogen-bond donors (Lipinski definition) is 1. The zero-order valence-corrected chi connectivity index (χ0v) is 27.6. The van der Waals surface area contributed by atoms with E-state index in [2.05, 4.69) is 42.0 Å². The Bertz CT molecular complexity index is 1370. The molecule has 1 aliphatic rings. The average Bonchev–Trinajstić information content (AvgIpc) is 2.95. The molecule has 3 aromatic carbocycles. The van der Waals surface area contributed by atoms with Gasteiger partial charge in [0.1, 0.15) is 11.8 Å². The number of carbonyl (C=O) groups excluding carboxylic acids is 2. The van der Waals surface area contributed by atoms with Gasteiger partial charge in [-0.15, -0.1) is 0 Å². The lowest BCUT2D eigenvalue weighted by atomic mass is 9.87. The summed E-state index contributed by atoms with van der Waals surface area (Å²) in [5.74, 6) is 0.0829. The normalized spacial score (nSPS) is 14.7. The van der Waals surface area contributed by atoms with E-state index in [1.54, 1.807) is 23.1 Å². The summed E-state index contributed by atoms with van der Waals surface area (Å²) in [6.07, 6.45) is 5.62. The fourth-order valence-corrected chi connectivity index (χ4v) is 6.20. The van der Waals surface area contributed by atoms with Crippen LogP contribution in [-0.2, 0) is 28.0 Å². The second kappa shape index (κ2) is 14.8. The topological polar surface area (TPSA) is 58.6 Å². The fourth-order valence-electron chi connectivity index (χ4n) is 5.24. The summed E-state index contributed by atoms with van der Waals surface area (Å²) in [5, 5.41) is 4.19. The second-order valence-electron chi connectivity index (χ2n) is 12.0. The number of carbonyl (C=O) groups is 2. The minimum Gasteiger partial charge on any atom is -0.483 e. The van der Waals surface area contributed by atoms with Gasteiger partial charge in [-0.2, -0.15) is 0 Å². The van der Waals surface area contributed by atoms with Crippen molar-refractivity contribution in [3.63, 3.8) is 0 Å². The lowest BCUT2D eigenvalue weighted by Crippen LogP contribution is -2.53. The molecule has 0 radical (unpaired) electrons. The number of amides is 2. The maximum Gasteiger partial charge on any atom is 0.261 e. The van der Waals surface area contributed by atoms with Gasteiger partial charge in [0.15, 0.2) is 6.61 Å². The predicted octanol–water partition coefficient (Wildman–Crippen LogP) is 8.52. The van der Waals surface area contributed by atoms with Gasteiger partial charge in [0.2, 0.25) is 5.91 Å². The van der Waals surface area contributed by atoms with Gasteiger partial charge in [-0.25, -0.2) is 0 Å². The minimum atomic E-state index is -0.760. The lowest BCUT2D eigenvalue weighted by molar-refractivity contribution is -0.143. The number of hydrogen-bond acceptors (Lipinski definition) is 3. The molecule has 1 atom stereocenters. The number of ether oxygens (including phenoxy) is 1. The van der Waals surface area contributed by atoms with E-state index in [0.717, 1.165) is 41.3 Å². The van der Waals surface area contributed by atoms with E-state index in [0.29, 0.717) is 27.8 Å². The molecule has 0 spiro atoms. The van der Waals surface area contributed by atoms with Crippen LogP contribution in [0.15, 0.2) is 71.2 Å². The molecule has 224 valence electrons. The summed E-state index contributed by atoms with van der Waals surface area (Å²) in [4.78, 5) is 29.5. The van der Waals surface area contributed by atoms with Gasteiger partial charge >= 0.3 is 0 Å². The first kappa shape index (κ1) is 32.4. The van der Waals surface area contributed by atoms with E-state index in [9.17, 15) is 9.59 Å². The Hall–Kier alpha value is -2.54. The van der Waals surface area contributed by atoms with Gasteiger partial charge in [0.05, 0.1) is 4.47 Å². The van der Waals surface area contributed by atoms with Crippen LogP contribution in [0, 0.1) is 0 Å². The molecular formula is C34H39BrCl2N2O3. The summed E-state index contributed by atoms with van der Waals surface area (Å²) in [5.41, 5.74) is 2.78. The predicted molar refractivity (Wildman–Crippen MR) is 174 cm³/mol. The molecule has 5 nitrogen and oxygen atoms in total. The van der Waals surface area contributed by atoms with Crippen LogP contribution < -0.4 is 10.1 Å². The van der Waals surface area contributed by atoms with Crippen molar-refractivity contribution in [2.24, 2.45) is 0 Å². The molecule has 0 unspecified atom stereocenters. The third-order valence-corrected chi connectivity index (χ3v) is 8.93. The highest BCUT2D eigenvalue weighted by molar-refractivity contribution is 9.10. The van der Waals surface area contributed by atoms with Gasteiger partial charge < -0.3 is 15.0 Å². The van der Waals surface area contributed by atoms with Crippen molar-refractivity contribution in [1.82, 2.24) is 10.2 Å². The van der Waals surface area contributed by atoms with Crippen LogP contribution in [0.1, 0.15) is 69.6 Å². The maximum absolute atomic E-state index is 14.0. The van der Waals surface area contributed by atoms with Crippen LogP contribution in [0.25, 0.3) is 0 Å². The monoisotopic (exact) mass is 672 g/mol. The highest BCUT2D eigenvalue weighted by Crippen LogP contribution is 2.32. The lowest BCUT2D eigenvalue weighted by Gasteiger charge is -2.33. The van der Waals surface area contributed by atoms with E-state index in [4.69, 9.17) is 27.9 Å². The molecule has 0 aromatic heterocycles. The fraction of sp³-hybridized carbons (Fsp3) is 0.412.